The van der Waals surface area contributed by atoms with E-state index in [2.05, 4.69) is 48.3 Å². The molecule has 0 aliphatic carbocycles. The fourth-order valence-corrected chi connectivity index (χ4v) is 1.40. The van der Waals surface area contributed by atoms with Gasteiger partial charge in [-0.25, -0.2) is 9.97 Å². The van der Waals surface area contributed by atoms with Crippen molar-refractivity contribution in [1.82, 2.24) is 9.97 Å². The molecule has 96 valence electrons. The lowest BCUT2D eigenvalue weighted by Crippen LogP contribution is -2.12. The van der Waals surface area contributed by atoms with Crippen LogP contribution in [0.1, 0.15) is 27.7 Å². The molecule has 1 aromatic heterocycles. The van der Waals surface area contributed by atoms with Gasteiger partial charge in [0.1, 0.15) is 11.6 Å². The molecule has 0 aliphatic rings. The number of rotatable bonds is 6. The third kappa shape index (κ3) is 5.73. The summed E-state index contributed by atoms with van der Waals surface area (Å²) in [7, 11) is 0. The third-order valence-corrected chi connectivity index (χ3v) is 2.25. The Hall–Kier alpha value is -1.03. The van der Waals surface area contributed by atoms with Gasteiger partial charge < -0.3 is 10.6 Å². The van der Waals surface area contributed by atoms with E-state index in [0.29, 0.717) is 11.8 Å². The molecule has 0 spiro atoms. The highest BCUT2D eigenvalue weighted by Gasteiger charge is 2.04. The van der Waals surface area contributed by atoms with Crippen LogP contribution in [0.3, 0.4) is 0 Å². The van der Waals surface area contributed by atoms with Crippen molar-refractivity contribution < 1.29 is 0 Å². The van der Waals surface area contributed by atoms with E-state index in [4.69, 9.17) is 11.6 Å². The van der Waals surface area contributed by atoms with Crippen LogP contribution in [0, 0.1) is 11.8 Å². The molecule has 0 aromatic carbocycles. The van der Waals surface area contributed by atoms with Crippen molar-refractivity contribution in [2.75, 3.05) is 23.7 Å². The minimum atomic E-state index is 0.269. The Kier molecular flexibility index (Phi) is 5.48. The minimum absolute atomic E-state index is 0.269. The highest BCUT2D eigenvalue weighted by molar-refractivity contribution is 6.28. The van der Waals surface area contributed by atoms with E-state index in [-0.39, 0.29) is 5.28 Å². The molecular weight excluding hydrogens is 236 g/mol. The Morgan fingerprint density at radius 3 is 1.76 bits per heavy atom. The maximum Gasteiger partial charge on any atom is 0.226 e. The number of halogens is 1. The second kappa shape index (κ2) is 6.64. The standard InChI is InChI=1S/C12H21ClN4/c1-8(2)6-14-10-5-11(15-7-9(3)4)17-12(13)16-10/h5,8-9H,6-7H2,1-4H3,(H2,14,15,16,17). The van der Waals surface area contributed by atoms with E-state index in [1.54, 1.807) is 0 Å². The highest BCUT2D eigenvalue weighted by Crippen LogP contribution is 2.15. The van der Waals surface area contributed by atoms with Crippen LogP contribution in [0.4, 0.5) is 11.6 Å². The zero-order valence-electron chi connectivity index (χ0n) is 10.9. The number of nitrogens with zero attached hydrogens (tertiary/aromatic N) is 2. The number of aromatic nitrogens is 2. The van der Waals surface area contributed by atoms with E-state index in [9.17, 15) is 0 Å². The van der Waals surface area contributed by atoms with E-state index in [1.165, 1.54) is 0 Å². The summed E-state index contributed by atoms with van der Waals surface area (Å²) < 4.78 is 0. The van der Waals surface area contributed by atoms with Gasteiger partial charge in [-0.2, -0.15) is 0 Å². The van der Waals surface area contributed by atoms with Gasteiger partial charge in [0.25, 0.3) is 0 Å². The molecule has 4 nitrogen and oxygen atoms in total. The summed E-state index contributed by atoms with van der Waals surface area (Å²) in [6.07, 6.45) is 0. The second-order valence-electron chi connectivity index (χ2n) is 4.96. The van der Waals surface area contributed by atoms with Gasteiger partial charge in [0.15, 0.2) is 0 Å². The molecule has 0 unspecified atom stereocenters. The Morgan fingerprint density at radius 2 is 1.41 bits per heavy atom. The molecule has 0 fully saturated rings. The maximum atomic E-state index is 5.88. The third-order valence-electron chi connectivity index (χ3n) is 2.08. The molecular formula is C12H21ClN4. The van der Waals surface area contributed by atoms with Crippen LogP contribution in [0.25, 0.3) is 0 Å². The second-order valence-corrected chi connectivity index (χ2v) is 5.30. The zero-order valence-corrected chi connectivity index (χ0v) is 11.7. The minimum Gasteiger partial charge on any atom is -0.370 e. The summed E-state index contributed by atoms with van der Waals surface area (Å²) in [5, 5.41) is 6.74. The summed E-state index contributed by atoms with van der Waals surface area (Å²) in [6, 6.07) is 1.89. The predicted octanol–water partition coefficient (Wildman–Crippen LogP) is 3.27. The Bertz CT molecular complexity index is 322. The van der Waals surface area contributed by atoms with Crippen molar-refractivity contribution in [3.05, 3.63) is 11.3 Å². The maximum absolute atomic E-state index is 5.88. The van der Waals surface area contributed by atoms with Gasteiger partial charge in [-0.15, -0.1) is 0 Å². The van der Waals surface area contributed by atoms with E-state index in [0.717, 1.165) is 24.7 Å². The lowest BCUT2D eigenvalue weighted by Gasteiger charge is -2.11. The van der Waals surface area contributed by atoms with Crippen LogP contribution in [-0.2, 0) is 0 Å². The van der Waals surface area contributed by atoms with Crippen LogP contribution in [-0.4, -0.2) is 23.1 Å². The first-order valence-electron chi connectivity index (χ1n) is 5.99. The van der Waals surface area contributed by atoms with Crippen LogP contribution in [0.15, 0.2) is 6.07 Å². The number of hydrogen-bond acceptors (Lipinski definition) is 4. The number of nitrogens with one attached hydrogen (secondary N) is 2. The predicted molar refractivity (Wildman–Crippen MR) is 73.7 cm³/mol. The molecule has 0 saturated carbocycles. The van der Waals surface area contributed by atoms with Crippen LogP contribution >= 0.6 is 11.6 Å². The molecule has 1 heterocycles. The van der Waals surface area contributed by atoms with Gasteiger partial charge in [0, 0.05) is 19.2 Å². The molecule has 0 amide bonds. The van der Waals surface area contributed by atoms with Crippen molar-refractivity contribution in [2.24, 2.45) is 11.8 Å². The Morgan fingerprint density at radius 1 is 1.00 bits per heavy atom. The molecule has 1 rings (SSSR count). The van der Waals surface area contributed by atoms with Crippen LogP contribution in [0.5, 0.6) is 0 Å². The van der Waals surface area contributed by atoms with Crippen LogP contribution < -0.4 is 10.6 Å². The SMILES string of the molecule is CC(C)CNc1cc(NCC(C)C)nc(Cl)n1. The Labute approximate surface area is 108 Å². The lowest BCUT2D eigenvalue weighted by atomic mass is 10.2. The molecule has 0 bridgehead atoms. The quantitative estimate of drug-likeness (QED) is 0.767. The monoisotopic (exact) mass is 256 g/mol. The van der Waals surface area contributed by atoms with E-state index in [1.807, 2.05) is 6.07 Å². The average Bonchev–Trinajstić information content (AvgIpc) is 2.23. The molecule has 0 saturated heterocycles. The first-order chi connectivity index (χ1) is 7.97. The largest absolute Gasteiger partial charge is 0.370 e. The molecule has 17 heavy (non-hydrogen) atoms. The Balaban J connectivity index is 2.65. The summed E-state index contributed by atoms with van der Waals surface area (Å²) in [6.45, 7) is 10.3. The van der Waals surface area contributed by atoms with Gasteiger partial charge in [-0.05, 0) is 23.4 Å². The van der Waals surface area contributed by atoms with Crippen molar-refractivity contribution in [1.29, 1.82) is 0 Å². The number of anilines is 2. The molecule has 5 heteroatoms. The molecule has 0 aliphatic heterocycles. The van der Waals surface area contributed by atoms with Gasteiger partial charge in [-0.1, -0.05) is 27.7 Å². The summed E-state index contributed by atoms with van der Waals surface area (Å²) in [5.74, 6) is 2.67. The summed E-state index contributed by atoms with van der Waals surface area (Å²) >= 11 is 5.88. The average molecular weight is 257 g/mol. The van der Waals surface area contributed by atoms with Crippen molar-refractivity contribution >= 4 is 23.2 Å². The highest BCUT2D eigenvalue weighted by atomic mass is 35.5. The summed E-state index contributed by atoms with van der Waals surface area (Å²) in [5.41, 5.74) is 0. The van der Waals surface area contributed by atoms with E-state index >= 15 is 0 Å². The molecule has 2 N–H and O–H groups in total. The molecule has 1 aromatic rings. The smallest absolute Gasteiger partial charge is 0.226 e. The van der Waals surface area contributed by atoms with Crippen molar-refractivity contribution in [3.63, 3.8) is 0 Å². The fourth-order valence-electron chi connectivity index (χ4n) is 1.22. The normalized spacial score (nSPS) is 11.0. The van der Waals surface area contributed by atoms with E-state index < -0.39 is 0 Å². The van der Waals surface area contributed by atoms with Crippen molar-refractivity contribution in [2.45, 2.75) is 27.7 Å². The van der Waals surface area contributed by atoms with Crippen LogP contribution in [0.2, 0.25) is 5.28 Å². The lowest BCUT2D eigenvalue weighted by molar-refractivity contribution is 0.684. The summed E-state index contributed by atoms with van der Waals surface area (Å²) in [4.78, 5) is 8.27. The van der Waals surface area contributed by atoms with Gasteiger partial charge in [-0.3, -0.25) is 0 Å². The zero-order chi connectivity index (χ0) is 12.8. The van der Waals surface area contributed by atoms with Gasteiger partial charge in [0.05, 0.1) is 0 Å². The fraction of sp³-hybridized carbons (Fsp3) is 0.667. The number of hydrogen-bond donors (Lipinski definition) is 2. The topological polar surface area (TPSA) is 49.8 Å². The van der Waals surface area contributed by atoms with Crippen molar-refractivity contribution in [3.8, 4) is 0 Å². The first kappa shape index (κ1) is 14.0. The van der Waals surface area contributed by atoms with Gasteiger partial charge >= 0.3 is 0 Å². The molecule has 0 atom stereocenters. The first-order valence-corrected chi connectivity index (χ1v) is 6.37. The van der Waals surface area contributed by atoms with Gasteiger partial charge in [0.2, 0.25) is 5.28 Å². The molecule has 0 radical (unpaired) electrons.